The van der Waals surface area contributed by atoms with Gasteiger partial charge in [0.25, 0.3) is 0 Å². The van der Waals surface area contributed by atoms with E-state index >= 15 is 0 Å². The molecule has 1 unspecified atom stereocenters. The Balaban J connectivity index is 2.95. The molecule has 1 aromatic rings. The Bertz CT molecular complexity index is 553. The molecule has 19 heavy (non-hydrogen) atoms. The number of nitrogens with one attached hydrogen (secondary N) is 1. The van der Waals surface area contributed by atoms with Crippen molar-refractivity contribution in [2.75, 3.05) is 26.0 Å². The minimum atomic E-state index is -4.10. The van der Waals surface area contributed by atoms with Crippen molar-refractivity contribution in [2.45, 2.75) is 11.0 Å². The molecule has 0 saturated heterocycles. The van der Waals surface area contributed by atoms with Crippen molar-refractivity contribution in [3.8, 4) is 0 Å². The zero-order chi connectivity index (χ0) is 14.6. The van der Waals surface area contributed by atoms with Crippen LogP contribution < -0.4 is 10.5 Å². The minimum absolute atomic E-state index is 0.0361. The standard InChI is InChI=1S/C10H14BrFN2O4S/c1-18-5-7(15)4-14-19(16,17)9-3-6(13)2-8(11)10(9)12/h2-3,7,14-15H,4-5,13H2,1H3. The molecule has 6 nitrogen and oxygen atoms in total. The first-order valence-corrected chi connectivity index (χ1v) is 7.46. The van der Waals surface area contributed by atoms with Crippen LogP contribution in [-0.2, 0) is 14.8 Å². The van der Waals surface area contributed by atoms with E-state index in [1.807, 2.05) is 0 Å². The van der Waals surface area contributed by atoms with Crippen molar-refractivity contribution in [1.29, 1.82) is 0 Å². The van der Waals surface area contributed by atoms with Crippen molar-refractivity contribution in [3.05, 3.63) is 22.4 Å². The molecule has 0 aromatic heterocycles. The number of sulfonamides is 1. The van der Waals surface area contributed by atoms with Crippen LogP contribution in [0.5, 0.6) is 0 Å². The number of benzene rings is 1. The maximum atomic E-state index is 13.7. The molecule has 9 heteroatoms. The van der Waals surface area contributed by atoms with Crippen LogP contribution in [0.1, 0.15) is 0 Å². The van der Waals surface area contributed by atoms with Gasteiger partial charge in [-0.1, -0.05) is 0 Å². The van der Waals surface area contributed by atoms with E-state index in [9.17, 15) is 17.9 Å². The average molecular weight is 357 g/mol. The van der Waals surface area contributed by atoms with Crippen LogP contribution in [0, 0.1) is 5.82 Å². The summed E-state index contributed by atoms with van der Waals surface area (Å²) < 4.78 is 44.2. The van der Waals surface area contributed by atoms with Gasteiger partial charge in [-0.05, 0) is 28.1 Å². The summed E-state index contributed by atoms with van der Waals surface area (Å²) in [5.74, 6) is -0.942. The van der Waals surface area contributed by atoms with Gasteiger partial charge in [0.15, 0.2) is 5.82 Å². The number of halogens is 2. The van der Waals surface area contributed by atoms with Crippen LogP contribution in [-0.4, -0.2) is 39.9 Å². The van der Waals surface area contributed by atoms with E-state index in [0.717, 1.165) is 6.07 Å². The van der Waals surface area contributed by atoms with E-state index < -0.39 is 26.8 Å². The van der Waals surface area contributed by atoms with Gasteiger partial charge in [-0.15, -0.1) is 0 Å². The third-order valence-corrected chi connectivity index (χ3v) is 4.17. The number of hydrogen-bond acceptors (Lipinski definition) is 5. The van der Waals surface area contributed by atoms with Crippen molar-refractivity contribution in [3.63, 3.8) is 0 Å². The monoisotopic (exact) mass is 356 g/mol. The second-order valence-corrected chi connectivity index (χ2v) is 6.37. The minimum Gasteiger partial charge on any atom is -0.399 e. The second-order valence-electron chi connectivity index (χ2n) is 3.78. The normalized spacial score (nSPS) is 13.5. The number of anilines is 1. The van der Waals surface area contributed by atoms with E-state index in [-0.39, 0.29) is 23.3 Å². The van der Waals surface area contributed by atoms with Gasteiger partial charge in [0, 0.05) is 19.3 Å². The molecular weight excluding hydrogens is 343 g/mol. The maximum Gasteiger partial charge on any atom is 0.243 e. The van der Waals surface area contributed by atoms with Crippen LogP contribution >= 0.6 is 15.9 Å². The topological polar surface area (TPSA) is 102 Å². The zero-order valence-corrected chi connectivity index (χ0v) is 12.5. The molecule has 0 radical (unpaired) electrons. The first-order chi connectivity index (χ1) is 8.77. The molecule has 4 N–H and O–H groups in total. The Morgan fingerprint density at radius 3 is 2.79 bits per heavy atom. The van der Waals surface area contributed by atoms with Crippen molar-refractivity contribution in [2.24, 2.45) is 0 Å². The van der Waals surface area contributed by atoms with Crippen LogP contribution in [0.4, 0.5) is 10.1 Å². The highest BCUT2D eigenvalue weighted by Crippen LogP contribution is 2.25. The summed E-state index contributed by atoms with van der Waals surface area (Å²) in [6, 6.07) is 2.26. The highest BCUT2D eigenvalue weighted by Gasteiger charge is 2.22. The molecule has 108 valence electrons. The molecule has 1 aromatic carbocycles. The first-order valence-electron chi connectivity index (χ1n) is 5.19. The number of rotatable bonds is 6. The van der Waals surface area contributed by atoms with Gasteiger partial charge in [-0.25, -0.2) is 17.5 Å². The number of aliphatic hydroxyl groups excluding tert-OH is 1. The number of hydrogen-bond donors (Lipinski definition) is 3. The van der Waals surface area contributed by atoms with Crippen molar-refractivity contribution in [1.82, 2.24) is 4.72 Å². The summed E-state index contributed by atoms with van der Waals surface area (Å²) in [4.78, 5) is -0.580. The Labute approximate surface area is 118 Å². The van der Waals surface area contributed by atoms with Crippen molar-refractivity contribution < 1.29 is 22.7 Å². The lowest BCUT2D eigenvalue weighted by Gasteiger charge is -2.12. The van der Waals surface area contributed by atoms with Gasteiger partial charge in [0.1, 0.15) is 4.90 Å². The van der Waals surface area contributed by atoms with Gasteiger partial charge < -0.3 is 15.6 Å². The average Bonchev–Trinajstić information content (AvgIpc) is 2.31. The lowest BCUT2D eigenvalue weighted by molar-refractivity contribution is 0.0679. The Kier molecular flexibility index (Phi) is 5.68. The highest BCUT2D eigenvalue weighted by atomic mass is 79.9. The zero-order valence-electron chi connectivity index (χ0n) is 10.1. The molecular formula is C10H14BrFN2O4S. The van der Waals surface area contributed by atoms with E-state index in [1.54, 1.807) is 0 Å². The number of methoxy groups -OCH3 is 1. The van der Waals surface area contributed by atoms with Gasteiger partial charge >= 0.3 is 0 Å². The Morgan fingerprint density at radius 1 is 1.58 bits per heavy atom. The fourth-order valence-electron chi connectivity index (χ4n) is 1.31. The number of nitrogens with two attached hydrogens (primary N) is 1. The van der Waals surface area contributed by atoms with Gasteiger partial charge in [0.2, 0.25) is 10.0 Å². The lowest BCUT2D eigenvalue weighted by atomic mass is 10.3. The predicted octanol–water partition coefficient (Wildman–Crippen LogP) is 0.456. The SMILES string of the molecule is COCC(O)CNS(=O)(=O)c1cc(N)cc(Br)c1F. The fourth-order valence-corrected chi connectivity index (χ4v) is 3.13. The Morgan fingerprint density at radius 2 is 2.21 bits per heavy atom. The second kappa shape index (κ2) is 6.62. The third kappa shape index (κ3) is 4.39. The molecule has 1 atom stereocenters. The molecule has 0 aliphatic carbocycles. The van der Waals surface area contributed by atoms with Gasteiger partial charge in [-0.3, -0.25) is 0 Å². The van der Waals surface area contributed by atoms with Gasteiger partial charge in [-0.2, -0.15) is 0 Å². The molecule has 0 saturated carbocycles. The summed E-state index contributed by atoms with van der Waals surface area (Å²) in [5, 5.41) is 9.36. The number of nitrogen functional groups attached to an aromatic ring is 1. The first kappa shape index (κ1) is 16.3. The van der Waals surface area contributed by atoms with Crippen LogP contribution in [0.3, 0.4) is 0 Å². The van der Waals surface area contributed by atoms with E-state index in [4.69, 9.17) is 5.73 Å². The predicted molar refractivity (Wildman–Crippen MR) is 71.6 cm³/mol. The summed E-state index contributed by atoms with van der Waals surface area (Å²) in [5.41, 5.74) is 5.57. The molecule has 0 fully saturated rings. The third-order valence-electron chi connectivity index (χ3n) is 2.17. The smallest absolute Gasteiger partial charge is 0.243 e. The summed E-state index contributed by atoms with van der Waals surface area (Å²) in [6.07, 6.45) is -1.02. The number of aliphatic hydroxyl groups is 1. The quantitative estimate of drug-likeness (QED) is 0.642. The maximum absolute atomic E-state index is 13.7. The van der Waals surface area contributed by atoms with Crippen LogP contribution in [0.2, 0.25) is 0 Å². The molecule has 1 rings (SSSR count). The van der Waals surface area contributed by atoms with E-state index in [2.05, 4.69) is 25.4 Å². The summed E-state index contributed by atoms with van der Waals surface area (Å²) in [6.45, 7) is -0.326. The van der Waals surface area contributed by atoms with Crippen LogP contribution in [0.25, 0.3) is 0 Å². The molecule has 0 heterocycles. The molecule has 0 aliphatic heterocycles. The van der Waals surface area contributed by atoms with Gasteiger partial charge in [0.05, 0.1) is 17.2 Å². The molecule has 0 amide bonds. The molecule has 0 aliphatic rings. The van der Waals surface area contributed by atoms with E-state index in [0.29, 0.717) is 0 Å². The van der Waals surface area contributed by atoms with Crippen molar-refractivity contribution >= 4 is 31.6 Å². The van der Waals surface area contributed by atoms with E-state index in [1.165, 1.54) is 13.2 Å². The summed E-state index contributed by atoms with van der Waals surface area (Å²) >= 11 is 2.88. The summed E-state index contributed by atoms with van der Waals surface area (Å²) in [7, 11) is -2.73. The molecule has 0 spiro atoms. The Hall–Kier alpha value is -0.740. The number of ether oxygens (including phenoxy) is 1. The van der Waals surface area contributed by atoms with Crippen LogP contribution in [0.15, 0.2) is 21.5 Å². The lowest BCUT2D eigenvalue weighted by Crippen LogP contribution is -2.34. The largest absolute Gasteiger partial charge is 0.399 e. The highest BCUT2D eigenvalue weighted by molar-refractivity contribution is 9.10. The fraction of sp³-hybridized carbons (Fsp3) is 0.400. The molecule has 0 bridgehead atoms.